The molecule has 0 radical (unpaired) electrons. The topological polar surface area (TPSA) is 60.9 Å². The molecular formula is C12H20N2O3S. The number of carbonyl (C=O) groups excluding carboxylic acids is 1. The summed E-state index contributed by atoms with van der Waals surface area (Å²) in [6.45, 7) is 5.90. The number of carbonyl (C=O) groups is 2. The average Bonchev–Trinajstić information content (AvgIpc) is 2.81. The lowest BCUT2D eigenvalue weighted by Gasteiger charge is -2.39. The van der Waals surface area contributed by atoms with Gasteiger partial charge in [0.05, 0.1) is 5.92 Å². The number of likely N-dealkylation sites (tertiary alicyclic amines) is 1. The Bertz CT molecular complexity index is 350. The van der Waals surface area contributed by atoms with Crippen LogP contribution in [0.5, 0.6) is 0 Å². The third kappa shape index (κ3) is 2.58. The van der Waals surface area contributed by atoms with Crippen molar-refractivity contribution in [3.8, 4) is 0 Å². The van der Waals surface area contributed by atoms with E-state index in [1.165, 1.54) is 0 Å². The Balaban J connectivity index is 1.97. The number of hydrogen-bond donors (Lipinski definition) is 1. The summed E-state index contributed by atoms with van der Waals surface area (Å²) >= 11 is 1.89. The highest BCUT2D eigenvalue weighted by atomic mass is 32.2. The molecule has 3 atom stereocenters. The van der Waals surface area contributed by atoms with Crippen LogP contribution >= 0.6 is 11.8 Å². The molecule has 6 heteroatoms. The van der Waals surface area contributed by atoms with Crippen LogP contribution in [0.2, 0.25) is 0 Å². The summed E-state index contributed by atoms with van der Waals surface area (Å²) in [6, 6.07) is 0.235. The number of amides is 2. The first kappa shape index (κ1) is 13.5. The van der Waals surface area contributed by atoms with Gasteiger partial charge in [-0.3, -0.25) is 4.79 Å². The van der Waals surface area contributed by atoms with E-state index < -0.39 is 5.97 Å². The van der Waals surface area contributed by atoms with Gasteiger partial charge in [0.25, 0.3) is 0 Å². The molecule has 0 saturated carbocycles. The lowest BCUT2D eigenvalue weighted by atomic mass is 10.1. The molecule has 0 spiro atoms. The molecule has 5 nitrogen and oxygen atoms in total. The van der Waals surface area contributed by atoms with Crippen molar-refractivity contribution in [1.29, 1.82) is 0 Å². The lowest BCUT2D eigenvalue weighted by molar-refractivity contribution is -0.141. The molecule has 0 aliphatic carbocycles. The summed E-state index contributed by atoms with van der Waals surface area (Å²) in [4.78, 5) is 26.9. The minimum absolute atomic E-state index is 0.0124. The van der Waals surface area contributed by atoms with Crippen molar-refractivity contribution in [3.63, 3.8) is 0 Å². The average molecular weight is 272 g/mol. The molecule has 2 aliphatic heterocycles. The Morgan fingerprint density at radius 1 is 1.28 bits per heavy atom. The minimum atomic E-state index is -0.791. The highest BCUT2D eigenvalue weighted by molar-refractivity contribution is 8.00. The standard InChI is InChI=1S/C12H20N2O3S/c1-8-9(2)18-6-5-14(8)12(17)13-4-3-10(7-13)11(15)16/h8-10H,3-7H2,1-2H3,(H,15,16). The molecule has 2 saturated heterocycles. The maximum Gasteiger partial charge on any atom is 0.320 e. The second-order valence-corrected chi connectivity index (χ2v) is 6.55. The Labute approximate surface area is 112 Å². The van der Waals surface area contributed by atoms with Gasteiger partial charge < -0.3 is 14.9 Å². The number of nitrogens with zero attached hydrogens (tertiary/aromatic N) is 2. The van der Waals surface area contributed by atoms with Crippen LogP contribution in [0.4, 0.5) is 4.79 Å². The van der Waals surface area contributed by atoms with Crippen molar-refractivity contribution in [1.82, 2.24) is 9.80 Å². The second-order valence-electron chi connectivity index (χ2n) is 5.06. The summed E-state index contributed by atoms with van der Waals surface area (Å²) in [7, 11) is 0. The molecule has 2 heterocycles. The Kier molecular flexibility index (Phi) is 4.04. The molecule has 2 fully saturated rings. The molecule has 0 aromatic heterocycles. The van der Waals surface area contributed by atoms with Crippen molar-refractivity contribution in [2.24, 2.45) is 5.92 Å². The summed E-state index contributed by atoms with van der Waals surface area (Å²) in [5.74, 6) is -0.213. The maximum atomic E-state index is 12.4. The zero-order valence-corrected chi connectivity index (χ0v) is 11.7. The van der Waals surface area contributed by atoms with E-state index in [-0.39, 0.29) is 18.0 Å². The van der Waals surface area contributed by atoms with Crippen molar-refractivity contribution in [2.75, 3.05) is 25.4 Å². The van der Waals surface area contributed by atoms with Gasteiger partial charge in [0, 0.05) is 36.7 Å². The molecule has 2 amide bonds. The molecule has 102 valence electrons. The fourth-order valence-corrected chi connectivity index (χ4v) is 3.62. The largest absolute Gasteiger partial charge is 0.481 e. The number of carboxylic acid groups (broad SMARTS) is 1. The number of carboxylic acids is 1. The molecular weight excluding hydrogens is 252 g/mol. The van der Waals surface area contributed by atoms with Crippen molar-refractivity contribution in [3.05, 3.63) is 0 Å². The number of aliphatic carboxylic acids is 1. The van der Waals surface area contributed by atoms with Gasteiger partial charge >= 0.3 is 12.0 Å². The van der Waals surface area contributed by atoms with Crippen LogP contribution < -0.4 is 0 Å². The number of thioether (sulfide) groups is 1. The van der Waals surface area contributed by atoms with Crippen LogP contribution in [0.25, 0.3) is 0 Å². The maximum absolute atomic E-state index is 12.4. The SMILES string of the molecule is CC1SCCN(C(=O)N2CCC(C(=O)O)C2)C1C. The van der Waals surface area contributed by atoms with Gasteiger partial charge in [-0.2, -0.15) is 11.8 Å². The Morgan fingerprint density at radius 2 is 2.00 bits per heavy atom. The fourth-order valence-electron chi connectivity index (χ4n) is 2.52. The minimum Gasteiger partial charge on any atom is -0.481 e. The van der Waals surface area contributed by atoms with E-state index in [4.69, 9.17) is 5.11 Å². The van der Waals surface area contributed by atoms with E-state index in [9.17, 15) is 9.59 Å². The van der Waals surface area contributed by atoms with Crippen LogP contribution in [0.1, 0.15) is 20.3 Å². The normalized spacial score (nSPS) is 32.7. The van der Waals surface area contributed by atoms with E-state index in [2.05, 4.69) is 13.8 Å². The Hall–Kier alpha value is -0.910. The van der Waals surface area contributed by atoms with Crippen molar-refractivity contribution < 1.29 is 14.7 Å². The lowest BCUT2D eigenvalue weighted by Crippen LogP contribution is -2.52. The first-order chi connectivity index (χ1) is 8.50. The molecule has 18 heavy (non-hydrogen) atoms. The van der Waals surface area contributed by atoms with E-state index in [1.54, 1.807) is 4.90 Å². The molecule has 0 aromatic rings. The predicted octanol–water partition coefficient (Wildman–Crippen LogP) is 1.34. The molecule has 3 unspecified atom stereocenters. The van der Waals surface area contributed by atoms with E-state index in [0.29, 0.717) is 24.8 Å². The van der Waals surface area contributed by atoms with Gasteiger partial charge in [-0.05, 0) is 13.3 Å². The summed E-state index contributed by atoms with van der Waals surface area (Å²) in [5.41, 5.74) is 0. The smallest absolute Gasteiger partial charge is 0.320 e. The first-order valence-corrected chi connectivity index (χ1v) is 7.45. The summed E-state index contributed by atoms with van der Waals surface area (Å²) in [6.07, 6.45) is 0.577. The highest BCUT2D eigenvalue weighted by Gasteiger charge is 2.36. The zero-order chi connectivity index (χ0) is 13.3. The third-order valence-corrected chi connectivity index (χ3v) is 5.28. The van der Waals surface area contributed by atoms with Crippen LogP contribution in [0, 0.1) is 5.92 Å². The highest BCUT2D eigenvalue weighted by Crippen LogP contribution is 2.26. The van der Waals surface area contributed by atoms with Crippen LogP contribution in [0.3, 0.4) is 0 Å². The summed E-state index contributed by atoms with van der Waals surface area (Å²) in [5, 5.41) is 9.41. The second kappa shape index (κ2) is 5.38. The number of rotatable bonds is 1. The van der Waals surface area contributed by atoms with E-state index in [1.807, 2.05) is 16.7 Å². The van der Waals surface area contributed by atoms with Crippen molar-refractivity contribution in [2.45, 2.75) is 31.6 Å². The van der Waals surface area contributed by atoms with E-state index in [0.717, 1.165) is 12.3 Å². The van der Waals surface area contributed by atoms with Crippen LogP contribution in [-0.2, 0) is 4.79 Å². The van der Waals surface area contributed by atoms with Crippen LogP contribution in [0.15, 0.2) is 0 Å². The van der Waals surface area contributed by atoms with Gasteiger partial charge in [0.2, 0.25) is 0 Å². The van der Waals surface area contributed by atoms with Gasteiger partial charge in [-0.1, -0.05) is 6.92 Å². The van der Waals surface area contributed by atoms with Gasteiger partial charge in [-0.25, -0.2) is 4.79 Å². The fraction of sp³-hybridized carbons (Fsp3) is 0.833. The predicted molar refractivity (Wildman–Crippen MR) is 70.8 cm³/mol. The summed E-state index contributed by atoms with van der Waals surface area (Å²) < 4.78 is 0. The molecule has 0 bridgehead atoms. The van der Waals surface area contributed by atoms with E-state index >= 15 is 0 Å². The number of hydrogen-bond acceptors (Lipinski definition) is 3. The molecule has 0 aromatic carbocycles. The quantitative estimate of drug-likeness (QED) is 0.782. The van der Waals surface area contributed by atoms with Crippen molar-refractivity contribution >= 4 is 23.8 Å². The molecule has 2 rings (SSSR count). The monoisotopic (exact) mass is 272 g/mol. The third-order valence-electron chi connectivity index (χ3n) is 3.94. The molecule has 1 N–H and O–H groups in total. The first-order valence-electron chi connectivity index (χ1n) is 6.40. The van der Waals surface area contributed by atoms with Crippen LogP contribution in [-0.4, -0.2) is 63.6 Å². The zero-order valence-electron chi connectivity index (χ0n) is 10.8. The Morgan fingerprint density at radius 3 is 2.61 bits per heavy atom. The van der Waals surface area contributed by atoms with Gasteiger partial charge in [-0.15, -0.1) is 0 Å². The molecule has 2 aliphatic rings. The number of urea groups is 1. The van der Waals surface area contributed by atoms with Gasteiger partial charge in [0.1, 0.15) is 0 Å². The van der Waals surface area contributed by atoms with Gasteiger partial charge in [0.15, 0.2) is 0 Å².